The second-order valence-electron chi connectivity index (χ2n) is 5.02. The first-order valence-electron chi connectivity index (χ1n) is 6.61. The number of amides is 1. The molecule has 2 aromatic carbocycles. The number of nitrogens with one attached hydrogen (secondary N) is 1. The zero-order chi connectivity index (χ0) is 14.7. The van der Waals surface area contributed by atoms with Gasteiger partial charge in [-0.2, -0.15) is 0 Å². The third-order valence-corrected chi connectivity index (χ3v) is 4.31. The van der Waals surface area contributed by atoms with Crippen molar-refractivity contribution in [3.8, 4) is 0 Å². The van der Waals surface area contributed by atoms with Crippen LogP contribution in [0.1, 0.15) is 40.0 Å². The Hall–Kier alpha value is -1.61. The van der Waals surface area contributed by atoms with Gasteiger partial charge in [0.05, 0.1) is 6.04 Å². The molecule has 2 aromatic rings. The minimum atomic E-state index is -0.0450. The highest BCUT2D eigenvalue weighted by atomic mass is 79.9. The van der Waals surface area contributed by atoms with Gasteiger partial charge in [-0.15, -0.1) is 0 Å². The van der Waals surface area contributed by atoms with Gasteiger partial charge in [-0.3, -0.25) is 4.79 Å². The fraction of sp³-hybridized carbons (Fsp3) is 0.235. The highest BCUT2D eigenvalue weighted by Crippen LogP contribution is 2.19. The molecule has 20 heavy (non-hydrogen) atoms. The molecule has 1 unspecified atom stereocenters. The molecule has 0 radical (unpaired) electrons. The molecule has 1 N–H and O–H groups in total. The maximum Gasteiger partial charge on any atom is 0.251 e. The number of hydrogen-bond acceptors (Lipinski definition) is 1. The van der Waals surface area contributed by atoms with Crippen LogP contribution >= 0.6 is 15.9 Å². The topological polar surface area (TPSA) is 29.1 Å². The van der Waals surface area contributed by atoms with E-state index in [1.807, 2.05) is 50.2 Å². The van der Waals surface area contributed by atoms with Crippen LogP contribution in [-0.4, -0.2) is 5.91 Å². The largest absolute Gasteiger partial charge is 0.346 e. The summed E-state index contributed by atoms with van der Waals surface area (Å²) < 4.78 is 1.01. The summed E-state index contributed by atoms with van der Waals surface area (Å²) in [5, 5.41) is 3.05. The van der Waals surface area contributed by atoms with E-state index in [1.165, 1.54) is 5.56 Å². The van der Waals surface area contributed by atoms with Crippen molar-refractivity contribution in [3.63, 3.8) is 0 Å². The zero-order valence-corrected chi connectivity index (χ0v) is 13.5. The molecule has 1 amide bonds. The summed E-state index contributed by atoms with van der Waals surface area (Å²) >= 11 is 3.44. The van der Waals surface area contributed by atoms with Crippen LogP contribution in [0.15, 0.2) is 46.9 Å². The monoisotopic (exact) mass is 331 g/mol. The molecule has 2 rings (SSSR count). The van der Waals surface area contributed by atoms with Crippen LogP contribution < -0.4 is 5.32 Å². The van der Waals surface area contributed by atoms with Crippen LogP contribution in [0.25, 0.3) is 0 Å². The van der Waals surface area contributed by atoms with Gasteiger partial charge < -0.3 is 5.32 Å². The van der Waals surface area contributed by atoms with Gasteiger partial charge in [-0.1, -0.05) is 40.2 Å². The number of aryl methyl sites for hydroxylation is 2. The molecule has 0 aliphatic rings. The Bertz CT molecular complexity index is 637. The van der Waals surface area contributed by atoms with E-state index in [2.05, 4.69) is 34.2 Å². The number of carbonyl (C=O) groups is 1. The van der Waals surface area contributed by atoms with Crippen LogP contribution in [0.5, 0.6) is 0 Å². The van der Waals surface area contributed by atoms with Crippen molar-refractivity contribution in [1.29, 1.82) is 0 Å². The Kier molecular flexibility index (Phi) is 4.61. The maximum absolute atomic E-state index is 12.3. The fourth-order valence-corrected chi connectivity index (χ4v) is 2.46. The van der Waals surface area contributed by atoms with Crippen molar-refractivity contribution in [3.05, 3.63) is 69.2 Å². The van der Waals surface area contributed by atoms with Gasteiger partial charge in [-0.05, 0) is 55.7 Å². The molecule has 0 aromatic heterocycles. The maximum atomic E-state index is 12.3. The average Bonchev–Trinajstić information content (AvgIpc) is 2.42. The molecule has 0 bridgehead atoms. The SMILES string of the molecule is Cc1cc(C(=O)NC(C)c2ccccc2C)ccc1Br. The molecule has 104 valence electrons. The minimum Gasteiger partial charge on any atom is -0.346 e. The van der Waals surface area contributed by atoms with Crippen molar-refractivity contribution >= 4 is 21.8 Å². The Morgan fingerprint density at radius 1 is 1.10 bits per heavy atom. The first kappa shape index (κ1) is 14.8. The second-order valence-corrected chi connectivity index (χ2v) is 5.87. The summed E-state index contributed by atoms with van der Waals surface area (Å²) in [6, 6.07) is 13.7. The quantitative estimate of drug-likeness (QED) is 0.877. The predicted molar refractivity (Wildman–Crippen MR) is 85.9 cm³/mol. The standard InChI is InChI=1S/C17H18BrNO/c1-11-6-4-5-7-15(11)13(3)19-17(20)14-8-9-16(18)12(2)10-14/h4-10,13H,1-3H3,(H,19,20). The number of halogens is 1. The number of hydrogen-bond donors (Lipinski definition) is 1. The summed E-state index contributed by atoms with van der Waals surface area (Å²) in [4.78, 5) is 12.3. The number of carbonyl (C=O) groups excluding carboxylic acids is 1. The normalized spacial score (nSPS) is 12.0. The Morgan fingerprint density at radius 2 is 1.80 bits per heavy atom. The smallest absolute Gasteiger partial charge is 0.251 e. The molecule has 0 aliphatic carbocycles. The van der Waals surface area contributed by atoms with Gasteiger partial charge in [0.1, 0.15) is 0 Å². The van der Waals surface area contributed by atoms with Crippen molar-refractivity contribution in [1.82, 2.24) is 5.32 Å². The summed E-state index contributed by atoms with van der Waals surface area (Å²) in [5.41, 5.74) is 4.08. The first-order chi connectivity index (χ1) is 9.49. The molecule has 0 spiro atoms. The van der Waals surface area contributed by atoms with E-state index in [4.69, 9.17) is 0 Å². The van der Waals surface area contributed by atoms with Crippen LogP contribution in [0.2, 0.25) is 0 Å². The van der Waals surface area contributed by atoms with E-state index in [9.17, 15) is 4.79 Å². The molecule has 0 aliphatic heterocycles. The Labute approximate surface area is 128 Å². The molecule has 0 fully saturated rings. The lowest BCUT2D eigenvalue weighted by Gasteiger charge is -2.17. The van der Waals surface area contributed by atoms with Crippen LogP contribution in [0.3, 0.4) is 0 Å². The lowest BCUT2D eigenvalue weighted by atomic mass is 10.0. The zero-order valence-electron chi connectivity index (χ0n) is 11.9. The molecule has 3 heteroatoms. The summed E-state index contributed by atoms with van der Waals surface area (Å²) in [6.45, 7) is 6.04. The van der Waals surface area contributed by atoms with Crippen LogP contribution in [-0.2, 0) is 0 Å². The summed E-state index contributed by atoms with van der Waals surface area (Å²) in [5.74, 6) is -0.0450. The second kappa shape index (κ2) is 6.23. The average molecular weight is 332 g/mol. The number of benzene rings is 2. The molecular weight excluding hydrogens is 314 g/mol. The number of rotatable bonds is 3. The van der Waals surface area contributed by atoms with E-state index >= 15 is 0 Å². The van der Waals surface area contributed by atoms with Gasteiger partial charge in [0, 0.05) is 10.0 Å². The lowest BCUT2D eigenvalue weighted by Crippen LogP contribution is -2.27. The summed E-state index contributed by atoms with van der Waals surface area (Å²) in [7, 11) is 0. The highest BCUT2D eigenvalue weighted by molar-refractivity contribution is 9.10. The van der Waals surface area contributed by atoms with E-state index in [-0.39, 0.29) is 11.9 Å². The van der Waals surface area contributed by atoms with Crippen molar-refractivity contribution in [2.24, 2.45) is 0 Å². The van der Waals surface area contributed by atoms with Gasteiger partial charge in [0.15, 0.2) is 0 Å². The highest BCUT2D eigenvalue weighted by Gasteiger charge is 2.13. The van der Waals surface area contributed by atoms with Crippen LogP contribution in [0.4, 0.5) is 0 Å². The molecular formula is C17H18BrNO. The summed E-state index contributed by atoms with van der Waals surface area (Å²) in [6.07, 6.45) is 0. The van der Waals surface area contributed by atoms with Gasteiger partial charge in [0.2, 0.25) is 0 Å². The third kappa shape index (κ3) is 3.28. The Morgan fingerprint density at radius 3 is 2.45 bits per heavy atom. The fourth-order valence-electron chi connectivity index (χ4n) is 2.22. The molecule has 0 saturated heterocycles. The molecule has 2 nitrogen and oxygen atoms in total. The van der Waals surface area contributed by atoms with Gasteiger partial charge >= 0.3 is 0 Å². The third-order valence-electron chi connectivity index (χ3n) is 3.42. The minimum absolute atomic E-state index is 0.00680. The van der Waals surface area contributed by atoms with Gasteiger partial charge in [-0.25, -0.2) is 0 Å². The molecule has 1 atom stereocenters. The van der Waals surface area contributed by atoms with E-state index < -0.39 is 0 Å². The first-order valence-corrected chi connectivity index (χ1v) is 7.41. The molecule has 0 saturated carbocycles. The van der Waals surface area contributed by atoms with Crippen molar-refractivity contribution in [2.75, 3.05) is 0 Å². The predicted octanol–water partition coefficient (Wildman–Crippen LogP) is 4.56. The lowest BCUT2D eigenvalue weighted by molar-refractivity contribution is 0.0939. The van der Waals surface area contributed by atoms with E-state index in [1.54, 1.807) is 0 Å². The van der Waals surface area contributed by atoms with E-state index in [0.717, 1.165) is 15.6 Å². The van der Waals surface area contributed by atoms with Gasteiger partial charge in [0.25, 0.3) is 5.91 Å². The van der Waals surface area contributed by atoms with E-state index in [0.29, 0.717) is 5.56 Å². The van der Waals surface area contributed by atoms with Crippen molar-refractivity contribution in [2.45, 2.75) is 26.8 Å². The van der Waals surface area contributed by atoms with Crippen molar-refractivity contribution < 1.29 is 4.79 Å². The Balaban J connectivity index is 2.15. The molecule has 0 heterocycles. The van der Waals surface area contributed by atoms with Crippen LogP contribution in [0, 0.1) is 13.8 Å².